The molecule has 2 aromatic rings. The first-order chi connectivity index (χ1) is 9.65. The van der Waals surface area contributed by atoms with Gasteiger partial charge in [0.1, 0.15) is 12.4 Å². The first-order valence-corrected chi connectivity index (χ1v) is 5.97. The molecule has 0 aliphatic heterocycles. The third-order valence-corrected chi connectivity index (χ3v) is 2.78. The maximum atomic E-state index is 11.0. The van der Waals surface area contributed by atoms with Crippen LogP contribution in [0.1, 0.15) is 18.3 Å². The Labute approximate surface area is 115 Å². The molecular formula is C13H12N4O3. The molecule has 0 atom stereocenters. The molecule has 0 saturated heterocycles. The summed E-state index contributed by atoms with van der Waals surface area (Å²) in [5.41, 5.74) is -0.00207. The van der Waals surface area contributed by atoms with Crippen molar-refractivity contribution < 1.29 is 9.66 Å². The molecule has 0 unspecified atom stereocenters. The lowest BCUT2D eigenvalue weighted by Crippen LogP contribution is -2.06. The Bertz CT molecular complexity index is 672. The van der Waals surface area contributed by atoms with E-state index in [2.05, 4.69) is 4.98 Å². The molecule has 0 amide bonds. The number of benzene rings is 1. The predicted octanol–water partition coefficient (Wildman–Crippen LogP) is 2.26. The summed E-state index contributed by atoms with van der Waals surface area (Å²) in [5.74, 6) is 0.811. The van der Waals surface area contributed by atoms with Crippen molar-refractivity contribution in [1.82, 2.24) is 9.55 Å². The molecule has 0 aliphatic rings. The number of nitro groups is 1. The second-order valence-corrected chi connectivity index (χ2v) is 3.97. The molecule has 0 spiro atoms. The van der Waals surface area contributed by atoms with E-state index in [0.717, 1.165) is 6.54 Å². The lowest BCUT2D eigenvalue weighted by Gasteiger charge is -2.08. The van der Waals surface area contributed by atoms with Gasteiger partial charge >= 0.3 is 5.69 Å². The number of ether oxygens (including phenoxy) is 1. The molecule has 0 aliphatic carbocycles. The van der Waals surface area contributed by atoms with Gasteiger partial charge in [-0.25, -0.2) is 4.98 Å². The molecule has 2 rings (SSSR count). The van der Waals surface area contributed by atoms with E-state index in [4.69, 9.17) is 10.00 Å². The van der Waals surface area contributed by atoms with Crippen molar-refractivity contribution in [2.45, 2.75) is 20.1 Å². The van der Waals surface area contributed by atoms with Crippen molar-refractivity contribution in [3.63, 3.8) is 0 Å². The SMILES string of the molecule is CCn1ccnc1COc1ccc(C#N)cc1[N+](=O)[O-]. The highest BCUT2D eigenvalue weighted by Crippen LogP contribution is 2.28. The number of nitrogens with zero attached hydrogens (tertiary/aromatic N) is 4. The Morgan fingerprint density at radius 2 is 2.35 bits per heavy atom. The van der Waals surface area contributed by atoms with Crippen molar-refractivity contribution >= 4 is 5.69 Å². The maximum absolute atomic E-state index is 11.0. The lowest BCUT2D eigenvalue weighted by atomic mass is 10.2. The van der Waals surface area contributed by atoms with Crippen LogP contribution in [0.2, 0.25) is 0 Å². The molecule has 7 nitrogen and oxygen atoms in total. The number of hydrogen-bond donors (Lipinski definition) is 0. The number of rotatable bonds is 5. The Kier molecular flexibility index (Phi) is 3.96. The highest BCUT2D eigenvalue weighted by Gasteiger charge is 2.16. The molecule has 1 aromatic heterocycles. The molecule has 0 N–H and O–H groups in total. The Balaban J connectivity index is 2.21. The van der Waals surface area contributed by atoms with Gasteiger partial charge in [0.25, 0.3) is 0 Å². The van der Waals surface area contributed by atoms with Gasteiger partial charge in [-0.2, -0.15) is 5.26 Å². The lowest BCUT2D eigenvalue weighted by molar-refractivity contribution is -0.386. The second-order valence-electron chi connectivity index (χ2n) is 3.97. The summed E-state index contributed by atoms with van der Waals surface area (Å²) in [4.78, 5) is 14.5. The maximum Gasteiger partial charge on any atom is 0.312 e. The molecule has 102 valence electrons. The molecule has 0 radical (unpaired) electrons. The number of aromatic nitrogens is 2. The first kappa shape index (κ1) is 13.5. The summed E-state index contributed by atoms with van der Waals surface area (Å²) in [6.07, 6.45) is 3.46. The summed E-state index contributed by atoms with van der Waals surface area (Å²) in [7, 11) is 0. The number of aryl methyl sites for hydroxylation is 1. The Hall–Kier alpha value is -2.88. The number of nitro benzene ring substituents is 1. The minimum Gasteiger partial charge on any atom is -0.479 e. The number of nitriles is 1. The topological polar surface area (TPSA) is 94.0 Å². The van der Waals surface area contributed by atoms with Gasteiger partial charge in [-0.3, -0.25) is 10.1 Å². The van der Waals surface area contributed by atoms with Gasteiger partial charge in [0.2, 0.25) is 0 Å². The van der Waals surface area contributed by atoms with Crippen LogP contribution in [0, 0.1) is 21.4 Å². The van der Waals surface area contributed by atoms with Gasteiger partial charge in [-0.1, -0.05) is 0 Å². The van der Waals surface area contributed by atoms with E-state index in [0.29, 0.717) is 5.82 Å². The zero-order chi connectivity index (χ0) is 14.5. The van der Waals surface area contributed by atoms with Crippen LogP contribution in [0.3, 0.4) is 0 Å². The zero-order valence-corrected chi connectivity index (χ0v) is 10.8. The summed E-state index contributed by atoms with van der Waals surface area (Å²) >= 11 is 0. The van der Waals surface area contributed by atoms with E-state index in [9.17, 15) is 10.1 Å². The molecule has 1 heterocycles. The highest BCUT2D eigenvalue weighted by atomic mass is 16.6. The molecular weight excluding hydrogens is 260 g/mol. The van der Waals surface area contributed by atoms with Crippen LogP contribution in [-0.4, -0.2) is 14.5 Å². The average Bonchev–Trinajstić information content (AvgIpc) is 2.92. The van der Waals surface area contributed by atoms with E-state index in [1.54, 1.807) is 6.20 Å². The Morgan fingerprint density at radius 1 is 1.55 bits per heavy atom. The number of imidazole rings is 1. The van der Waals surface area contributed by atoms with Crippen LogP contribution in [0.25, 0.3) is 0 Å². The summed E-state index contributed by atoms with van der Waals surface area (Å²) in [5, 5.41) is 19.7. The van der Waals surface area contributed by atoms with Crippen molar-refractivity contribution in [2.75, 3.05) is 0 Å². The minimum atomic E-state index is -0.567. The normalized spacial score (nSPS) is 10.0. The van der Waals surface area contributed by atoms with Crippen molar-refractivity contribution in [1.29, 1.82) is 5.26 Å². The average molecular weight is 272 g/mol. The predicted molar refractivity (Wildman–Crippen MR) is 70.0 cm³/mol. The zero-order valence-electron chi connectivity index (χ0n) is 10.8. The smallest absolute Gasteiger partial charge is 0.312 e. The van der Waals surface area contributed by atoms with Crippen molar-refractivity contribution in [3.05, 3.63) is 52.1 Å². The quantitative estimate of drug-likeness (QED) is 0.614. The van der Waals surface area contributed by atoms with E-state index >= 15 is 0 Å². The second kappa shape index (κ2) is 5.84. The fourth-order valence-electron chi connectivity index (χ4n) is 1.76. The standard InChI is InChI=1S/C13H12N4O3/c1-2-16-6-5-15-13(16)9-20-12-4-3-10(8-14)7-11(12)17(18)19/h3-7H,2,9H2,1H3. The van der Waals surface area contributed by atoms with Gasteiger partial charge < -0.3 is 9.30 Å². The fourth-order valence-corrected chi connectivity index (χ4v) is 1.76. The molecule has 7 heteroatoms. The minimum absolute atomic E-state index is 0.125. The van der Waals surface area contributed by atoms with Gasteiger partial charge in [-0.05, 0) is 19.1 Å². The molecule has 20 heavy (non-hydrogen) atoms. The van der Waals surface area contributed by atoms with Crippen LogP contribution in [0.15, 0.2) is 30.6 Å². The van der Waals surface area contributed by atoms with Crippen molar-refractivity contribution in [2.24, 2.45) is 0 Å². The van der Waals surface area contributed by atoms with Gasteiger partial charge in [0.05, 0.1) is 16.6 Å². The summed E-state index contributed by atoms with van der Waals surface area (Å²) in [6, 6.07) is 5.96. The highest BCUT2D eigenvalue weighted by molar-refractivity contribution is 5.51. The summed E-state index contributed by atoms with van der Waals surface area (Å²) in [6.45, 7) is 2.84. The van der Waals surface area contributed by atoms with Crippen LogP contribution in [0.4, 0.5) is 5.69 Å². The molecule has 0 fully saturated rings. The third kappa shape index (κ3) is 2.75. The van der Waals surface area contributed by atoms with E-state index < -0.39 is 4.92 Å². The largest absolute Gasteiger partial charge is 0.479 e. The van der Waals surface area contributed by atoms with Crippen molar-refractivity contribution in [3.8, 4) is 11.8 Å². The van der Waals surface area contributed by atoms with Crippen LogP contribution in [0.5, 0.6) is 5.75 Å². The molecule has 0 bridgehead atoms. The molecule has 0 saturated carbocycles. The number of hydrogen-bond acceptors (Lipinski definition) is 5. The summed E-state index contributed by atoms with van der Waals surface area (Å²) < 4.78 is 7.33. The van der Waals surface area contributed by atoms with Gasteiger partial charge in [-0.15, -0.1) is 0 Å². The van der Waals surface area contributed by atoms with E-state index in [1.807, 2.05) is 23.8 Å². The van der Waals surface area contributed by atoms with E-state index in [-0.39, 0.29) is 23.6 Å². The molecule has 1 aromatic carbocycles. The fraction of sp³-hybridized carbons (Fsp3) is 0.231. The Morgan fingerprint density at radius 3 is 3.00 bits per heavy atom. The monoisotopic (exact) mass is 272 g/mol. The van der Waals surface area contributed by atoms with Crippen LogP contribution in [-0.2, 0) is 13.2 Å². The van der Waals surface area contributed by atoms with Crippen LogP contribution < -0.4 is 4.74 Å². The van der Waals surface area contributed by atoms with Gasteiger partial charge in [0.15, 0.2) is 5.75 Å². The van der Waals surface area contributed by atoms with Gasteiger partial charge in [0, 0.05) is 25.0 Å². The first-order valence-electron chi connectivity index (χ1n) is 5.97. The van der Waals surface area contributed by atoms with E-state index in [1.165, 1.54) is 18.2 Å². The third-order valence-electron chi connectivity index (χ3n) is 2.78. The van der Waals surface area contributed by atoms with Crippen LogP contribution >= 0.6 is 0 Å².